The number of nitrogens with zero attached hydrogens (tertiary/aromatic N) is 1. The largest absolute Gasteiger partial charge is 0.494 e. The number of carbonyl (C=O) groups is 2. The lowest BCUT2D eigenvalue weighted by Crippen LogP contribution is -2.29. The quantitative estimate of drug-likeness (QED) is 0.296. The maximum atomic E-state index is 10.4. The van der Waals surface area contributed by atoms with Crippen molar-refractivity contribution in [3.05, 3.63) is 29.8 Å². The van der Waals surface area contributed by atoms with Gasteiger partial charge in [-0.3, -0.25) is 9.59 Å². The SMILES string of the molecule is CN(C)CCCOc1ccc(C=O)cc1.NC1CCCCC1.NCCCC[C@H](N)C(=O)O. The Morgan fingerprint density at radius 2 is 1.78 bits per heavy atom. The number of carboxylic acid groups (broad SMARTS) is 1. The normalized spacial score (nSPS) is 14.4. The minimum Gasteiger partial charge on any atom is -0.494 e. The molecule has 184 valence electrons. The standard InChI is InChI=1S/C12H17NO2.C6H14N2O2.C6H13N/c1-13(2)8-3-9-15-12-6-4-11(10-14)5-7-12;7-4-2-1-3-5(8)6(9)10;7-6-4-2-1-3-5-6/h4-7,10H,3,8-9H2,1-2H3;5H,1-4,7-8H2,(H,9,10);6H,1-5,7H2/t;5-;/m.0./s1. The molecular weight excluding hydrogens is 408 g/mol. The molecule has 1 fully saturated rings. The summed E-state index contributed by atoms with van der Waals surface area (Å²) >= 11 is 0. The Bertz CT molecular complexity index is 590. The van der Waals surface area contributed by atoms with Crippen molar-refractivity contribution >= 4 is 12.3 Å². The summed E-state index contributed by atoms with van der Waals surface area (Å²) in [6.45, 7) is 2.33. The lowest BCUT2D eigenvalue weighted by Gasteiger charge is -2.15. The predicted molar refractivity (Wildman–Crippen MR) is 130 cm³/mol. The number of hydrogen-bond donors (Lipinski definition) is 4. The number of benzene rings is 1. The van der Waals surface area contributed by atoms with E-state index >= 15 is 0 Å². The summed E-state index contributed by atoms with van der Waals surface area (Å²) in [7, 11) is 4.08. The number of hydrogen-bond acceptors (Lipinski definition) is 7. The molecule has 1 aromatic rings. The van der Waals surface area contributed by atoms with Crippen molar-refractivity contribution in [2.24, 2.45) is 17.2 Å². The molecule has 1 aliphatic rings. The second kappa shape index (κ2) is 19.7. The molecular formula is C24H44N4O4. The second-order valence-electron chi connectivity index (χ2n) is 8.32. The topological polar surface area (TPSA) is 145 Å². The zero-order valence-corrected chi connectivity index (χ0v) is 19.9. The van der Waals surface area contributed by atoms with Gasteiger partial charge in [-0.25, -0.2) is 0 Å². The first-order valence-electron chi connectivity index (χ1n) is 11.6. The smallest absolute Gasteiger partial charge is 0.320 e. The Hall–Kier alpha value is -2.00. The molecule has 8 nitrogen and oxygen atoms in total. The van der Waals surface area contributed by atoms with Crippen LogP contribution in [-0.2, 0) is 4.79 Å². The number of nitrogens with two attached hydrogens (primary N) is 3. The van der Waals surface area contributed by atoms with E-state index < -0.39 is 12.0 Å². The van der Waals surface area contributed by atoms with Crippen LogP contribution in [0, 0.1) is 0 Å². The fourth-order valence-corrected chi connectivity index (χ4v) is 2.98. The molecule has 8 heteroatoms. The Kier molecular flexibility index (Phi) is 18.4. The average molecular weight is 453 g/mol. The third kappa shape index (κ3) is 17.7. The third-order valence-electron chi connectivity index (χ3n) is 4.97. The van der Waals surface area contributed by atoms with E-state index in [1.165, 1.54) is 32.1 Å². The second-order valence-corrected chi connectivity index (χ2v) is 8.32. The number of aliphatic carboxylic acids is 1. The summed E-state index contributed by atoms with van der Waals surface area (Å²) in [6, 6.07) is 6.97. The van der Waals surface area contributed by atoms with Crippen LogP contribution in [0.2, 0.25) is 0 Å². The number of rotatable bonds is 11. The van der Waals surface area contributed by atoms with Gasteiger partial charge in [-0.05, 0) is 77.0 Å². The number of unbranched alkanes of at least 4 members (excludes halogenated alkanes) is 1. The van der Waals surface area contributed by atoms with Gasteiger partial charge in [-0.2, -0.15) is 0 Å². The minimum atomic E-state index is -0.933. The number of carbonyl (C=O) groups excluding carboxylic acids is 1. The van der Waals surface area contributed by atoms with E-state index in [-0.39, 0.29) is 0 Å². The van der Waals surface area contributed by atoms with Crippen LogP contribution >= 0.6 is 0 Å². The van der Waals surface area contributed by atoms with Crippen molar-refractivity contribution in [2.45, 2.75) is 69.9 Å². The van der Waals surface area contributed by atoms with Gasteiger partial charge >= 0.3 is 5.97 Å². The van der Waals surface area contributed by atoms with Crippen molar-refractivity contribution in [2.75, 3.05) is 33.8 Å². The van der Waals surface area contributed by atoms with Gasteiger partial charge in [-0.1, -0.05) is 25.7 Å². The highest BCUT2D eigenvalue weighted by molar-refractivity contribution is 5.74. The van der Waals surface area contributed by atoms with E-state index in [1.807, 2.05) is 26.2 Å². The fourth-order valence-electron chi connectivity index (χ4n) is 2.98. The van der Waals surface area contributed by atoms with Gasteiger partial charge < -0.3 is 31.9 Å². The van der Waals surface area contributed by atoms with Gasteiger partial charge in [0.15, 0.2) is 0 Å². The Morgan fingerprint density at radius 1 is 1.16 bits per heavy atom. The van der Waals surface area contributed by atoms with Gasteiger partial charge in [0.05, 0.1) is 6.61 Å². The van der Waals surface area contributed by atoms with Crippen LogP contribution in [0.1, 0.15) is 68.1 Å². The molecule has 1 aromatic carbocycles. The summed E-state index contributed by atoms with van der Waals surface area (Å²) in [4.78, 5) is 22.7. The number of ether oxygens (including phenoxy) is 1. The summed E-state index contributed by atoms with van der Waals surface area (Å²) in [5, 5.41) is 8.33. The molecule has 0 aliphatic heterocycles. The maximum absolute atomic E-state index is 10.4. The van der Waals surface area contributed by atoms with Gasteiger partial charge in [0.1, 0.15) is 18.1 Å². The molecule has 0 spiro atoms. The van der Waals surface area contributed by atoms with E-state index in [4.69, 9.17) is 27.0 Å². The molecule has 0 amide bonds. The maximum Gasteiger partial charge on any atom is 0.320 e. The van der Waals surface area contributed by atoms with Crippen LogP contribution in [0.15, 0.2) is 24.3 Å². The Morgan fingerprint density at radius 3 is 2.22 bits per heavy atom. The van der Waals surface area contributed by atoms with E-state index in [1.54, 1.807) is 12.1 Å². The molecule has 0 bridgehead atoms. The average Bonchev–Trinajstić information content (AvgIpc) is 2.78. The fraction of sp³-hybridized carbons (Fsp3) is 0.667. The zero-order chi connectivity index (χ0) is 24.2. The van der Waals surface area contributed by atoms with Gasteiger partial charge in [0.25, 0.3) is 0 Å². The zero-order valence-electron chi connectivity index (χ0n) is 19.9. The van der Waals surface area contributed by atoms with E-state index in [2.05, 4.69) is 4.90 Å². The van der Waals surface area contributed by atoms with Gasteiger partial charge in [0, 0.05) is 18.2 Å². The van der Waals surface area contributed by atoms with Crippen LogP contribution in [0.5, 0.6) is 5.75 Å². The molecule has 7 N–H and O–H groups in total. The predicted octanol–water partition coefficient (Wildman–Crippen LogP) is 2.63. The molecule has 32 heavy (non-hydrogen) atoms. The van der Waals surface area contributed by atoms with E-state index in [0.29, 0.717) is 31.2 Å². The summed E-state index contributed by atoms with van der Waals surface area (Å²) in [5.74, 6) is -0.114. The van der Waals surface area contributed by atoms with E-state index in [0.717, 1.165) is 37.8 Å². The first-order valence-corrected chi connectivity index (χ1v) is 11.6. The highest BCUT2D eigenvalue weighted by Crippen LogP contribution is 2.14. The monoisotopic (exact) mass is 452 g/mol. The molecule has 1 aliphatic carbocycles. The van der Waals surface area contributed by atoms with E-state index in [9.17, 15) is 9.59 Å². The minimum absolute atomic E-state index is 0.520. The Balaban J connectivity index is 0.000000487. The van der Waals surface area contributed by atoms with Crippen LogP contribution < -0.4 is 21.9 Å². The molecule has 1 atom stereocenters. The van der Waals surface area contributed by atoms with Crippen molar-refractivity contribution < 1.29 is 19.4 Å². The third-order valence-corrected chi connectivity index (χ3v) is 4.97. The molecule has 0 aromatic heterocycles. The molecule has 1 saturated carbocycles. The van der Waals surface area contributed by atoms with Crippen molar-refractivity contribution in [1.82, 2.24) is 4.90 Å². The summed E-state index contributed by atoms with van der Waals surface area (Å²) < 4.78 is 5.51. The molecule has 0 radical (unpaired) electrons. The van der Waals surface area contributed by atoms with Crippen molar-refractivity contribution in [3.8, 4) is 5.75 Å². The first-order chi connectivity index (χ1) is 15.3. The lowest BCUT2D eigenvalue weighted by molar-refractivity contribution is -0.138. The van der Waals surface area contributed by atoms with Gasteiger partial charge in [-0.15, -0.1) is 0 Å². The summed E-state index contributed by atoms with van der Waals surface area (Å²) in [6.07, 6.45) is 10.7. The molecule has 0 unspecified atom stereocenters. The number of aldehydes is 1. The molecule has 0 heterocycles. The lowest BCUT2D eigenvalue weighted by atomic mass is 9.97. The van der Waals surface area contributed by atoms with Gasteiger partial charge in [0.2, 0.25) is 0 Å². The number of carboxylic acids is 1. The van der Waals surface area contributed by atoms with Crippen LogP contribution in [0.4, 0.5) is 0 Å². The van der Waals surface area contributed by atoms with Crippen molar-refractivity contribution in [1.29, 1.82) is 0 Å². The highest BCUT2D eigenvalue weighted by Gasteiger charge is 2.09. The van der Waals surface area contributed by atoms with Crippen LogP contribution in [0.25, 0.3) is 0 Å². The molecule has 2 rings (SSSR count). The summed E-state index contributed by atoms with van der Waals surface area (Å²) in [5.41, 5.74) is 16.7. The van der Waals surface area contributed by atoms with Crippen LogP contribution in [-0.4, -0.2) is 68.1 Å². The molecule has 0 saturated heterocycles. The first kappa shape index (κ1) is 30.0. The van der Waals surface area contributed by atoms with Crippen molar-refractivity contribution in [3.63, 3.8) is 0 Å². The Labute approximate surface area is 193 Å². The van der Waals surface area contributed by atoms with Crippen LogP contribution in [0.3, 0.4) is 0 Å². The highest BCUT2D eigenvalue weighted by atomic mass is 16.5.